The molecule has 0 spiro atoms. The Morgan fingerprint density at radius 2 is 1.96 bits per heavy atom. The molecule has 2 aromatic carbocycles. The first kappa shape index (κ1) is 16.8. The number of rotatable bonds is 5. The second-order valence-electron chi connectivity index (χ2n) is 6.24. The standard InChI is InChI=1S/C20H19N5O2/c1-24-12-15(11-22-24)23-19(26)13-27-18-8-7-14-5-3-4-6-16(14)20(18)17-9-10-21-25(17)2/h3-12H,13H2,1-2H3,(H,23,26). The number of aromatic nitrogens is 4. The van der Waals surface area contributed by atoms with Gasteiger partial charge in [0.25, 0.3) is 5.91 Å². The maximum Gasteiger partial charge on any atom is 0.262 e. The number of hydrogen-bond acceptors (Lipinski definition) is 4. The van der Waals surface area contributed by atoms with E-state index < -0.39 is 0 Å². The minimum atomic E-state index is -0.243. The van der Waals surface area contributed by atoms with Gasteiger partial charge in [-0.2, -0.15) is 10.2 Å². The van der Waals surface area contributed by atoms with Gasteiger partial charge < -0.3 is 10.1 Å². The molecule has 2 heterocycles. The van der Waals surface area contributed by atoms with E-state index >= 15 is 0 Å². The third-order valence-electron chi connectivity index (χ3n) is 4.32. The Hall–Kier alpha value is -3.61. The number of hydrogen-bond donors (Lipinski definition) is 1. The van der Waals surface area contributed by atoms with E-state index in [-0.39, 0.29) is 12.5 Å². The number of carbonyl (C=O) groups is 1. The lowest BCUT2D eigenvalue weighted by atomic mass is 10.0. The molecule has 0 radical (unpaired) electrons. The fourth-order valence-corrected chi connectivity index (χ4v) is 3.08. The van der Waals surface area contributed by atoms with Crippen molar-refractivity contribution >= 4 is 22.4 Å². The van der Waals surface area contributed by atoms with Crippen LogP contribution in [0.4, 0.5) is 5.69 Å². The van der Waals surface area contributed by atoms with E-state index in [1.54, 1.807) is 35.0 Å². The zero-order valence-electron chi connectivity index (χ0n) is 15.1. The van der Waals surface area contributed by atoms with E-state index in [9.17, 15) is 4.79 Å². The van der Waals surface area contributed by atoms with Crippen LogP contribution in [-0.4, -0.2) is 32.1 Å². The molecule has 7 heteroatoms. The largest absolute Gasteiger partial charge is 0.483 e. The van der Waals surface area contributed by atoms with Crippen molar-refractivity contribution in [2.45, 2.75) is 0 Å². The average Bonchev–Trinajstić information content (AvgIpc) is 3.27. The Kier molecular flexibility index (Phi) is 4.33. The van der Waals surface area contributed by atoms with Crippen LogP contribution in [-0.2, 0) is 18.9 Å². The van der Waals surface area contributed by atoms with Crippen LogP contribution in [0.2, 0.25) is 0 Å². The predicted molar refractivity (Wildman–Crippen MR) is 103 cm³/mol. The quantitative estimate of drug-likeness (QED) is 0.593. The van der Waals surface area contributed by atoms with E-state index in [0.717, 1.165) is 22.0 Å². The van der Waals surface area contributed by atoms with Gasteiger partial charge in [-0.25, -0.2) is 0 Å². The monoisotopic (exact) mass is 361 g/mol. The van der Waals surface area contributed by atoms with Gasteiger partial charge in [0.05, 0.1) is 17.6 Å². The van der Waals surface area contributed by atoms with E-state index in [2.05, 4.69) is 15.5 Å². The lowest BCUT2D eigenvalue weighted by Crippen LogP contribution is -2.20. The Balaban J connectivity index is 1.63. The highest BCUT2D eigenvalue weighted by Crippen LogP contribution is 2.36. The fourth-order valence-electron chi connectivity index (χ4n) is 3.08. The van der Waals surface area contributed by atoms with Crippen LogP contribution in [0, 0.1) is 0 Å². The molecule has 0 aliphatic rings. The summed E-state index contributed by atoms with van der Waals surface area (Å²) in [4.78, 5) is 12.2. The molecule has 0 atom stereocenters. The third-order valence-corrected chi connectivity index (χ3v) is 4.32. The maximum atomic E-state index is 12.2. The van der Waals surface area contributed by atoms with Crippen molar-refractivity contribution < 1.29 is 9.53 Å². The molecule has 4 rings (SSSR count). The lowest BCUT2D eigenvalue weighted by molar-refractivity contribution is -0.118. The van der Waals surface area contributed by atoms with E-state index in [1.807, 2.05) is 49.5 Å². The zero-order valence-corrected chi connectivity index (χ0v) is 15.1. The van der Waals surface area contributed by atoms with Crippen LogP contribution in [0.5, 0.6) is 5.75 Å². The summed E-state index contributed by atoms with van der Waals surface area (Å²) in [7, 11) is 3.68. The summed E-state index contributed by atoms with van der Waals surface area (Å²) in [6.07, 6.45) is 5.07. The first-order chi connectivity index (χ1) is 13.1. The zero-order chi connectivity index (χ0) is 18.8. The van der Waals surface area contributed by atoms with Crippen LogP contribution < -0.4 is 10.1 Å². The highest BCUT2D eigenvalue weighted by molar-refractivity contribution is 5.99. The van der Waals surface area contributed by atoms with Crippen molar-refractivity contribution in [1.29, 1.82) is 0 Å². The molecule has 1 amide bonds. The van der Waals surface area contributed by atoms with Crippen molar-refractivity contribution in [3.8, 4) is 17.0 Å². The van der Waals surface area contributed by atoms with Crippen molar-refractivity contribution in [1.82, 2.24) is 19.6 Å². The number of aryl methyl sites for hydroxylation is 2. The van der Waals surface area contributed by atoms with Gasteiger partial charge in [0.2, 0.25) is 0 Å². The summed E-state index contributed by atoms with van der Waals surface area (Å²) < 4.78 is 9.31. The van der Waals surface area contributed by atoms with Gasteiger partial charge in [-0.3, -0.25) is 14.2 Å². The van der Waals surface area contributed by atoms with Crippen molar-refractivity contribution in [3.63, 3.8) is 0 Å². The molecular formula is C20H19N5O2. The van der Waals surface area contributed by atoms with Gasteiger partial charge in [0.15, 0.2) is 6.61 Å². The average molecular weight is 361 g/mol. The molecule has 0 saturated carbocycles. The minimum Gasteiger partial charge on any atom is -0.483 e. The number of fused-ring (bicyclic) bond motifs is 1. The molecular weight excluding hydrogens is 342 g/mol. The normalized spacial score (nSPS) is 10.9. The number of benzene rings is 2. The highest BCUT2D eigenvalue weighted by atomic mass is 16.5. The molecule has 2 aromatic heterocycles. The molecule has 0 saturated heterocycles. The van der Waals surface area contributed by atoms with Gasteiger partial charge in [-0.05, 0) is 22.9 Å². The van der Waals surface area contributed by atoms with Gasteiger partial charge >= 0.3 is 0 Å². The number of nitrogens with one attached hydrogen (secondary N) is 1. The van der Waals surface area contributed by atoms with Crippen molar-refractivity contribution in [3.05, 3.63) is 61.1 Å². The molecule has 1 N–H and O–H groups in total. The lowest BCUT2D eigenvalue weighted by Gasteiger charge is -2.14. The van der Waals surface area contributed by atoms with Crippen LogP contribution in [0.1, 0.15) is 0 Å². The molecule has 0 unspecified atom stereocenters. The van der Waals surface area contributed by atoms with Crippen LogP contribution in [0.25, 0.3) is 22.0 Å². The Bertz CT molecular complexity index is 1110. The summed E-state index contributed by atoms with van der Waals surface area (Å²) in [6, 6.07) is 13.9. The summed E-state index contributed by atoms with van der Waals surface area (Å²) >= 11 is 0. The highest BCUT2D eigenvalue weighted by Gasteiger charge is 2.15. The molecule has 0 aliphatic carbocycles. The van der Waals surface area contributed by atoms with E-state index in [4.69, 9.17) is 4.74 Å². The number of nitrogens with zero attached hydrogens (tertiary/aromatic N) is 4. The molecule has 136 valence electrons. The molecule has 4 aromatic rings. The maximum absolute atomic E-state index is 12.2. The topological polar surface area (TPSA) is 74.0 Å². The molecule has 0 aliphatic heterocycles. The first-order valence-corrected chi connectivity index (χ1v) is 8.53. The summed E-state index contributed by atoms with van der Waals surface area (Å²) in [5.41, 5.74) is 2.48. The predicted octanol–water partition coefficient (Wildman–Crippen LogP) is 2.99. The molecule has 27 heavy (non-hydrogen) atoms. The minimum absolute atomic E-state index is 0.0991. The number of carbonyl (C=O) groups excluding carboxylic acids is 1. The SMILES string of the molecule is Cn1cc(NC(=O)COc2ccc3ccccc3c2-c2ccnn2C)cn1. The van der Waals surface area contributed by atoms with Crippen LogP contribution in [0.3, 0.4) is 0 Å². The van der Waals surface area contributed by atoms with Crippen LogP contribution >= 0.6 is 0 Å². The van der Waals surface area contributed by atoms with Gasteiger partial charge in [-0.1, -0.05) is 30.3 Å². The van der Waals surface area contributed by atoms with Gasteiger partial charge in [-0.15, -0.1) is 0 Å². The second kappa shape index (κ2) is 6.95. The van der Waals surface area contributed by atoms with E-state index in [0.29, 0.717) is 11.4 Å². The Morgan fingerprint density at radius 3 is 2.70 bits per heavy atom. The summed E-state index contributed by atoms with van der Waals surface area (Å²) in [6.45, 7) is -0.0991. The number of amides is 1. The van der Waals surface area contributed by atoms with Crippen molar-refractivity contribution in [2.24, 2.45) is 14.1 Å². The molecule has 0 bridgehead atoms. The Labute approximate surface area is 156 Å². The number of ether oxygens (including phenoxy) is 1. The van der Waals surface area contributed by atoms with Gasteiger partial charge in [0, 0.05) is 32.1 Å². The molecule has 0 fully saturated rings. The van der Waals surface area contributed by atoms with Crippen molar-refractivity contribution in [2.75, 3.05) is 11.9 Å². The number of anilines is 1. The fraction of sp³-hybridized carbons (Fsp3) is 0.150. The second-order valence-corrected chi connectivity index (χ2v) is 6.24. The Morgan fingerprint density at radius 1 is 1.11 bits per heavy atom. The summed E-state index contributed by atoms with van der Waals surface area (Å²) in [5.74, 6) is 0.394. The summed E-state index contributed by atoms with van der Waals surface area (Å²) in [5, 5.41) is 13.2. The third kappa shape index (κ3) is 3.39. The van der Waals surface area contributed by atoms with E-state index in [1.165, 1.54) is 0 Å². The van der Waals surface area contributed by atoms with Gasteiger partial charge in [0.1, 0.15) is 5.75 Å². The first-order valence-electron chi connectivity index (χ1n) is 8.53. The smallest absolute Gasteiger partial charge is 0.262 e. The molecule has 7 nitrogen and oxygen atoms in total. The van der Waals surface area contributed by atoms with Crippen LogP contribution in [0.15, 0.2) is 61.1 Å².